The summed E-state index contributed by atoms with van der Waals surface area (Å²) in [4.78, 5) is 2.17. The predicted octanol–water partition coefficient (Wildman–Crippen LogP) is 2.94. The van der Waals surface area contributed by atoms with E-state index in [9.17, 15) is 9.50 Å². The van der Waals surface area contributed by atoms with Crippen LogP contribution in [0.1, 0.15) is 25.3 Å². The minimum absolute atomic E-state index is 0.230. The summed E-state index contributed by atoms with van der Waals surface area (Å²) in [6.07, 6.45) is 1.83. The van der Waals surface area contributed by atoms with E-state index in [0.29, 0.717) is 17.6 Å². The maximum atomic E-state index is 13.4. The number of likely N-dealkylation sites (tertiary alicyclic amines) is 1. The summed E-state index contributed by atoms with van der Waals surface area (Å²) in [5.74, 6) is -0.230. The van der Waals surface area contributed by atoms with Crippen molar-refractivity contribution in [1.82, 2.24) is 4.90 Å². The normalized spacial score (nSPS) is 26.1. The van der Waals surface area contributed by atoms with Gasteiger partial charge >= 0.3 is 0 Å². The number of halogens is 2. The van der Waals surface area contributed by atoms with Gasteiger partial charge in [0, 0.05) is 13.1 Å². The first-order valence-electron chi connectivity index (χ1n) is 5.85. The van der Waals surface area contributed by atoms with Gasteiger partial charge < -0.3 is 5.11 Å². The third-order valence-corrected chi connectivity index (χ3v) is 4.07. The number of hydrogen-bond acceptors (Lipinski definition) is 2. The first kappa shape index (κ1) is 13.0. The monoisotopic (exact) mass is 301 g/mol. The van der Waals surface area contributed by atoms with Crippen LogP contribution in [-0.2, 0) is 6.54 Å². The van der Waals surface area contributed by atoms with E-state index in [-0.39, 0.29) is 5.82 Å². The van der Waals surface area contributed by atoms with Crippen molar-refractivity contribution in [2.45, 2.75) is 31.9 Å². The van der Waals surface area contributed by atoms with E-state index in [1.54, 1.807) is 6.07 Å². The first-order valence-corrected chi connectivity index (χ1v) is 6.65. The Bertz CT molecular complexity index is 408. The molecule has 1 aromatic carbocycles. The third-order valence-electron chi connectivity index (χ3n) is 3.18. The molecule has 1 saturated heterocycles. The summed E-state index contributed by atoms with van der Waals surface area (Å²) in [6, 6.07) is 5.08. The molecule has 4 heteroatoms. The Labute approximate surface area is 110 Å². The number of β-amino-alcohol motifs (C(OH)–C–C–N with tert-alkyl or cyclic N) is 1. The van der Waals surface area contributed by atoms with E-state index in [1.807, 2.05) is 13.0 Å². The van der Waals surface area contributed by atoms with Crippen molar-refractivity contribution in [1.29, 1.82) is 0 Å². The lowest BCUT2D eigenvalue weighted by atomic mass is 9.95. The Morgan fingerprint density at radius 2 is 2.29 bits per heavy atom. The molecule has 2 rings (SSSR count). The largest absolute Gasteiger partial charge is 0.389 e. The molecule has 1 heterocycles. The van der Waals surface area contributed by atoms with E-state index >= 15 is 0 Å². The van der Waals surface area contributed by atoms with Crippen LogP contribution in [0.3, 0.4) is 0 Å². The maximum Gasteiger partial charge on any atom is 0.137 e. The summed E-state index contributed by atoms with van der Waals surface area (Å²) in [5.41, 5.74) is 0.320. The second-order valence-electron chi connectivity index (χ2n) is 5.02. The zero-order valence-corrected chi connectivity index (χ0v) is 11.5. The smallest absolute Gasteiger partial charge is 0.137 e. The molecular weight excluding hydrogens is 285 g/mol. The highest BCUT2D eigenvalue weighted by atomic mass is 79.9. The molecule has 0 amide bonds. The Kier molecular flexibility index (Phi) is 3.85. The second kappa shape index (κ2) is 5.04. The zero-order valence-electron chi connectivity index (χ0n) is 9.92. The molecule has 17 heavy (non-hydrogen) atoms. The molecule has 1 atom stereocenters. The number of rotatable bonds is 2. The molecular formula is C13H17BrFNO. The van der Waals surface area contributed by atoms with Crippen LogP contribution in [0, 0.1) is 5.82 Å². The predicted molar refractivity (Wildman–Crippen MR) is 69.2 cm³/mol. The lowest BCUT2D eigenvalue weighted by Gasteiger charge is -2.37. The van der Waals surface area contributed by atoms with Crippen molar-refractivity contribution in [3.05, 3.63) is 34.1 Å². The number of piperidine rings is 1. The van der Waals surface area contributed by atoms with Gasteiger partial charge in [-0.15, -0.1) is 0 Å². The Hall–Kier alpha value is -0.450. The van der Waals surface area contributed by atoms with Crippen molar-refractivity contribution in [2.24, 2.45) is 0 Å². The van der Waals surface area contributed by atoms with Gasteiger partial charge in [-0.3, -0.25) is 4.90 Å². The highest BCUT2D eigenvalue weighted by Crippen LogP contribution is 2.25. The van der Waals surface area contributed by atoms with Gasteiger partial charge in [-0.25, -0.2) is 4.39 Å². The lowest BCUT2D eigenvalue weighted by Crippen LogP contribution is -2.45. The van der Waals surface area contributed by atoms with Crippen LogP contribution < -0.4 is 0 Å². The van der Waals surface area contributed by atoms with E-state index in [1.165, 1.54) is 6.07 Å². The molecule has 1 unspecified atom stereocenters. The highest BCUT2D eigenvalue weighted by molar-refractivity contribution is 9.10. The molecule has 1 aliphatic rings. The van der Waals surface area contributed by atoms with Crippen LogP contribution in [-0.4, -0.2) is 28.7 Å². The van der Waals surface area contributed by atoms with Gasteiger partial charge in [-0.1, -0.05) is 12.1 Å². The minimum atomic E-state index is -0.613. The molecule has 1 N–H and O–H groups in total. The van der Waals surface area contributed by atoms with Crippen molar-refractivity contribution in [3.63, 3.8) is 0 Å². The van der Waals surface area contributed by atoms with Gasteiger partial charge in [-0.2, -0.15) is 0 Å². The topological polar surface area (TPSA) is 23.5 Å². The molecule has 2 nitrogen and oxygen atoms in total. The van der Waals surface area contributed by atoms with Gasteiger partial charge in [0.1, 0.15) is 5.82 Å². The minimum Gasteiger partial charge on any atom is -0.389 e. The Balaban J connectivity index is 2.08. The highest BCUT2D eigenvalue weighted by Gasteiger charge is 2.28. The van der Waals surface area contributed by atoms with Crippen molar-refractivity contribution in [2.75, 3.05) is 13.1 Å². The van der Waals surface area contributed by atoms with Gasteiger partial charge in [0.05, 0.1) is 10.1 Å². The molecule has 1 fully saturated rings. The van der Waals surface area contributed by atoms with Crippen LogP contribution in [0.25, 0.3) is 0 Å². The molecule has 1 aromatic rings. The summed E-state index contributed by atoms with van der Waals surface area (Å²) in [6.45, 7) is 4.14. The number of benzene rings is 1. The van der Waals surface area contributed by atoms with Gasteiger partial charge in [-0.05, 0) is 53.9 Å². The molecule has 1 aliphatic heterocycles. The fourth-order valence-electron chi connectivity index (χ4n) is 2.37. The third kappa shape index (κ3) is 3.27. The van der Waals surface area contributed by atoms with E-state index in [0.717, 1.165) is 24.9 Å². The SMILES string of the molecule is CC1(O)CCCN(Cc2cccc(F)c2Br)C1. The van der Waals surface area contributed by atoms with Crippen molar-refractivity contribution >= 4 is 15.9 Å². The van der Waals surface area contributed by atoms with E-state index in [4.69, 9.17) is 0 Å². The van der Waals surface area contributed by atoms with Gasteiger partial charge in [0.2, 0.25) is 0 Å². The fourth-order valence-corrected chi connectivity index (χ4v) is 2.76. The maximum absolute atomic E-state index is 13.4. The van der Waals surface area contributed by atoms with Crippen LogP contribution in [0.4, 0.5) is 4.39 Å². The van der Waals surface area contributed by atoms with E-state index in [2.05, 4.69) is 20.8 Å². The summed E-state index contributed by atoms with van der Waals surface area (Å²) in [7, 11) is 0. The molecule has 0 spiro atoms. The standard InChI is InChI=1S/C13H17BrFNO/c1-13(17)6-3-7-16(9-13)8-10-4-2-5-11(15)12(10)14/h2,4-5,17H,3,6-9H2,1H3. The van der Waals surface area contributed by atoms with Crippen LogP contribution in [0.2, 0.25) is 0 Å². The van der Waals surface area contributed by atoms with Gasteiger partial charge in [0.25, 0.3) is 0 Å². The number of aliphatic hydroxyl groups is 1. The fraction of sp³-hybridized carbons (Fsp3) is 0.538. The Morgan fingerprint density at radius 3 is 3.00 bits per heavy atom. The number of nitrogens with zero attached hydrogens (tertiary/aromatic N) is 1. The molecule has 0 radical (unpaired) electrons. The molecule has 0 aromatic heterocycles. The van der Waals surface area contributed by atoms with Gasteiger partial charge in [0.15, 0.2) is 0 Å². The zero-order chi connectivity index (χ0) is 12.5. The molecule has 94 valence electrons. The molecule has 0 aliphatic carbocycles. The molecule has 0 saturated carbocycles. The Morgan fingerprint density at radius 1 is 1.53 bits per heavy atom. The summed E-state index contributed by atoms with van der Waals surface area (Å²) in [5, 5.41) is 10.0. The second-order valence-corrected chi connectivity index (χ2v) is 5.82. The van der Waals surface area contributed by atoms with Crippen molar-refractivity contribution < 1.29 is 9.50 Å². The average Bonchev–Trinajstić information content (AvgIpc) is 2.23. The molecule has 0 bridgehead atoms. The van der Waals surface area contributed by atoms with Crippen LogP contribution in [0.15, 0.2) is 22.7 Å². The quantitative estimate of drug-likeness (QED) is 0.908. The van der Waals surface area contributed by atoms with Crippen LogP contribution >= 0.6 is 15.9 Å². The van der Waals surface area contributed by atoms with E-state index < -0.39 is 5.60 Å². The van der Waals surface area contributed by atoms with Crippen molar-refractivity contribution in [3.8, 4) is 0 Å². The number of hydrogen-bond donors (Lipinski definition) is 1. The lowest BCUT2D eigenvalue weighted by molar-refractivity contribution is -0.0182. The first-order chi connectivity index (χ1) is 7.98. The summed E-state index contributed by atoms with van der Waals surface area (Å²) >= 11 is 3.27. The van der Waals surface area contributed by atoms with Crippen LogP contribution in [0.5, 0.6) is 0 Å². The average molecular weight is 302 g/mol. The summed E-state index contributed by atoms with van der Waals surface area (Å²) < 4.78 is 13.9.